The van der Waals surface area contributed by atoms with E-state index in [1.807, 2.05) is 31.1 Å². The van der Waals surface area contributed by atoms with Gasteiger partial charge in [-0.1, -0.05) is 19.1 Å². The second-order valence-electron chi connectivity index (χ2n) is 5.95. The predicted octanol–water partition coefficient (Wildman–Crippen LogP) is 3.05. The maximum atomic E-state index is 12.3. The summed E-state index contributed by atoms with van der Waals surface area (Å²) in [6.07, 6.45) is 6.16. The monoisotopic (exact) mass is 261 g/mol. The number of likely N-dealkylation sites (tertiary alicyclic amines) is 1. The molecule has 0 aromatic carbocycles. The van der Waals surface area contributed by atoms with Crippen molar-refractivity contribution in [2.75, 3.05) is 0 Å². The molecular formula is C15H19NO3. The Hall–Kier alpha value is -1.80. The number of carbonyl (C=O) groups excluding carboxylic acids is 2. The van der Waals surface area contributed by atoms with Crippen molar-refractivity contribution in [2.45, 2.75) is 39.7 Å². The summed E-state index contributed by atoms with van der Waals surface area (Å²) >= 11 is 0. The van der Waals surface area contributed by atoms with Gasteiger partial charge in [0.2, 0.25) is 0 Å². The fraction of sp³-hybridized carbons (Fsp3) is 0.533. The zero-order chi connectivity index (χ0) is 14.2. The fourth-order valence-electron chi connectivity index (χ4n) is 2.52. The van der Waals surface area contributed by atoms with Crippen LogP contribution in [0.2, 0.25) is 0 Å². The first kappa shape index (κ1) is 13.6. The third kappa shape index (κ3) is 2.49. The Kier molecular flexibility index (Phi) is 3.38. The van der Waals surface area contributed by atoms with Crippen molar-refractivity contribution in [1.82, 2.24) is 4.90 Å². The summed E-state index contributed by atoms with van der Waals surface area (Å²) < 4.78 is 5.37. The van der Waals surface area contributed by atoms with Gasteiger partial charge >= 0.3 is 6.09 Å². The largest absolute Gasteiger partial charge is 0.443 e. The number of rotatable bonds is 0. The molecule has 2 rings (SSSR count). The lowest BCUT2D eigenvalue weighted by Gasteiger charge is -2.26. The van der Waals surface area contributed by atoms with Crippen LogP contribution in [0.3, 0.4) is 0 Å². The molecule has 0 aromatic rings. The van der Waals surface area contributed by atoms with E-state index in [-0.39, 0.29) is 11.8 Å². The Bertz CT molecular complexity index is 504. The summed E-state index contributed by atoms with van der Waals surface area (Å²) in [6.45, 7) is 7.37. The van der Waals surface area contributed by atoms with Crippen molar-refractivity contribution >= 4 is 12.0 Å². The standard InChI is InChI=1S/C15H19NO3/c1-10-11-7-5-6-8-12(11)16(13(10)9-17)14(18)19-15(2,3)4/h5-6,8,10-11H,7H2,1-4H3. The molecule has 0 aromatic heterocycles. The predicted molar refractivity (Wildman–Crippen MR) is 71.8 cm³/mol. The van der Waals surface area contributed by atoms with E-state index in [0.717, 1.165) is 12.1 Å². The highest BCUT2D eigenvalue weighted by atomic mass is 16.6. The smallest absolute Gasteiger partial charge is 0.419 e. The van der Waals surface area contributed by atoms with Crippen molar-refractivity contribution in [3.8, 4) is 0 Å². The van der Waals surface area contributed by atoms with Crippen molar-refractivity contribution in [2.24, 2.45) is 11.8 Å². The minimum absolute atomic E-state index is 0.0128. The van der Waals surface area contributed by atoms with Crippen molar-refractivity contribution in [3.63, 3.8) is 0 Å². The lowest BCUT2D eigenvalue weighted by Crippen LogP contribution is -2.34. The van der Waals surface area contributed by atoms with Gasteiger partial charge in [0.25, 0.3) is 0 Å². The van der Waals surface area contributed by atoms with Crippen LogP contribution in [0.25, 0.3) is 0 Å². The van der Waals surface area contributed by atoms with Gasteiger partial charge < -0.3 is 4.74 Å². The number of amides is 1. The van der Waals surface area contributed by atoms with Crippen LogP contribution < -0.4 is 0 Å². The first-order valence-corrected chi connectivity index (χ1v) is 6.50. The van der Waals surface area contributed by atoms with Crippen LogP contribution in [-0.2, 0) is 9.53 Å². The summed E-state index contributed by atoms with van der Waals surface area (Å²) in [5, 5.41) is 0. The molecule has 0 radical (unpaired) electrons. The van der Waals surface area contributed by atoms with Gasteiger partial charge in [-0.15, -0.1) is 0 Å². The Labute approximate surface area is 113 Å². The highest BCUT2D eigenvalue weighted by molar-refractivity contribution is 5.78. The molecule has 4 nitrogen and oxygen atoms in total. The van der Waals surface area contributed by atoms with Crippen molar-refractivity contribution < 1.29 is 14.3 Å². The molecule has 1 fully saturated rings. The third-order valence-corrected chi connectivity index (χ3v) is 3.39. The lowest BCUT2D eigenvalue weighted by molar-refractivity contribution is 0.0374. The number of hydrogen-bond donors (Lipinski definition) is 0. The molecule has 19 heavy (non-hydrogen) atoms. The third-order valence-electron chi connectivity index (χ3n) is 3.39. The highest BCUT2D eigenvalue weighted by Crippen LogP contribution is 2.43. The lowest BCUT2D eigenvalue weighted by atomic mass is 9.88. The molecule has 1 aliphatic heterocycles. The molecule has 1 saturated heterocycles. The van der Waals surface area contributed by atoms with Crippen LogP contribution in [0.15, 0.2) is 29.6 Å². The average Bonchev–Trinajstić information content (AvgIpc) is 2.60. The Morgan fingerprint density at radius 2 is 2.16 bits per heavy atom. The Morgan fingerprint density at radius 3 is 2.74 bits per heavy atom. The second-order valence-corrected chi connectivity index (χ2v) is 5.95. The van der Waals surface area contributed by atoms with E-state index in [2.05, 4.69) is 0 Å². The molecule has 1 aliphatic carbocycles. The van der Waals surface area contributed by atoms with Crippen molar-refractivity contribution in [1.29, 1.82) is 0 Å². The van der Waals surface area contributed by atoms with Crippen LogP contribution in [-0.4, -0.2) is 22.5 Å². The zero-order valence-electron chi connectivity index (χ0n) is 11.8. The molecule has 2 atom stereocenters. The number of allylic oxidation sites excluding steroid dienone is 5. The first-order valence-electron chi connectivity index (χ1n) is 6.50. The van der Waals surface area contributed by atoms with Crippen LogP contribution in [0.5, 0.6) is 0 Å². The van der Waals surface area contributed by atoms with Gasteiger partial charge in [0.15, 0.2) is 0 Å². The maximum absolute atomic E-state index is 12.3. The normalized spacial score (nSPS) is 25.8. The number of hydrogen-bond acceptors (Lipinski definition) is 3. The summed E-state index contributed by atoms with van der Waals surface area (Å²) in [6, 6.07) is 0. The molecule has 0 spiro atoms. The van der Waals surface area contributed by atoms with Gasteiger partial charge in [0.05, 0.1) is 0 Å². The van der Waals surface area contributed by atoms with Crippen molar-refractivity contribution in [3.05, 3.63) is 29.6 Å². The Balaban J connectivity index is 2.36. The summed E-state index contributed by atoms with van der Waals surface area (Å²) in [4.78, 5) is 24.8. The molecule has 0 bridgehead atoms. The highest BCUT2D eigenvalue weighted by Gasteiger charge is 2.44. The van der Waals surface area contributed by atoms with Gasteiger partial charge in [0.1, 0.15) is 17.2 Å². The van der Waals surface area contributed by atoms with E-state index in [0.29, 0.717) is 5.70 Å². The first-order chi connectivity index (χ1) is 8.85. The van der Waals surface area contributed by atoms with Gasteiger partial charge in [-0.25, -0.2) is 14.5 Å². The van der Waals surface area contributed by atoms with Crippen LogP contribution in [0.4, 0.5) is 4.79 Å². The zero-order valence-corrected chi connectivity index (χ0v) is 11.8. The fourth-order valence-corrected chi connectivity index (χ4v) is 2.52. The van der Waals surface area contributed by atoms with Crippen LogP contribution in [0.1, 0.15) is 34.1 Å². The number of fused-ring (bicyclic) bond motifs is 1. The second kappa shape index (κ2) is 4.71. The van der Waals surface area contributed by atoms with Gasteiger partial charge in [0, 0.05) is 17.5 Å². The van der Waals surface area contributed by atoms with E-state index in [9.17, 15) is 9.59 Å². The summed E-state index contributed by atoms with van der Waals surface area (Å²) in [7, 11) is 0. The van der Waals surface area contributed by atoms with E-state index in [4.69, 9.17) is 4.74 Å². The molecule has 102 valence electrons. The number of ether oxygens (including phenoxy) is 1. The van der Waals surface area contributed by atoms with Crippen LogP contribution >= 0.6 is 0 Å². The molecular weight excluding hydrogens is 242 g/mol. The summed E-state index contributed by atoms with van der Waals surface area (Å²) in [5.74, 6) is 2.06. The molecule has 4 heteroatoms. The Morgan fingerprint density at radius 1 is 1.47 bits per heavy atom. The molecule has 2 unspecified atom stereocenters. The molecule has 0 N–H and O–H groups in total. The topological polar surface area (TPSA) is 46.6 Å². The number of nitrogens with zero attached hydrogens (tertiary/aromatic N) is 1. The van der Waals surface area contributed by atoms with Gasteiger partial charge in [-0.2, -0.15) is 0 Å². The van der Waals surface area contributed by atoms with Gasteiger partial charge in [-0.3, -0.25) is 0 Å². The quantitative estimate of drug-likeness (QED) is 0.630. The van der Waals surface area contributed by atoms with E-state index >= 15 is 0 Å². The minimum atomic E-state index is -0.586. The maximum Gasteiger partial charge on any atom is 0.419 e. The average molecular weight is 261 g/mol. The molecule has 1 heterocycles. The van der Waals surface area contributed by atoms with Crippen LogP contribution in [0, 0.1) is 11.8 Å². The SMILES string of the molecule is CC1C(=C=O)N(C(=O)OC(C)(C)C)C2=CC=CCC21. The van der Waals surface area contributed by atoms with E-state index < -0.39 is 11.7 Å². The molecule has 2 aliphatic rings. The molecule has 1 amide bonds. The molecule has 0 saturated carbocycles. The van der Waals surface area contributed by atoms with E-state index in [1.54, 1.807) is 20.8 Å². The minimum Gasteiger partial charge on any atom is -0.443 e. The number of carbonyl (C=O) groups is 1. The van der Waals surface area contributed by atoms with Gasteiger partial charge in [-0.05, 0) is 33.3 Å². The van der Waals surface area contributed by atoms with E-state index in [1.165, 1.54) is 4.90 Å². The summed E-state index contributed by atoms with van der Waals surface area (Å²) in [5.41, 5.74) is 0.620.